The molecule has 1 saturated heterocycles. The third-order valence-electron chi connectivity index (χ3n) is 6.99. The first-order valence-corrected chi connectivity index (χ1v) is 12.2. The fraction of sp³-hybridized carbons (Fsp3) is 0.519. The summed E-state index contributed by atoms with van der Waals surface area (Å²) >= 11 is 0. The molecular formula is C27H34F3N3O. The van der Waals surface area contributed by atoms with Gasteiger partial charge in [-0.05, 0) is 54.3 Å². The van der Waals surface area contributed by atoms with Crippen molar-refractivity contribution in [2.24, 2.45) is 11.0 Å². The molecule has 7 heteroatoms. The predicted octanol–water partition coefficient (Wildman–Crippen LogP) is 7.01. The molecule has 0 bridgehead atoms. The number of piperidine rings is 1. The Kier molecular flexibility index (Phi) is 7.10. The van der Waals surface area contributed by atoms with E-state index in [4.69, 9.17) is 4.74 Å². The SMILES string of the molecule is CC[C@H]1C(C)C(C(F)(F)F)=NN1c1ccc(OC2CCN(c3cccc(C(C)C)c3)CC2)cc1. The zero-order chi connectivity index (χ0) is 24.5. The van der Waals surface area contributed by atoms with E-state index in [1.54, 1.807) is 19.1 Å². The molecular weight excluding hydrogens is 439 g/mol. The maximum atomic E-state index is 13.3. The smallest absolute Gasteiger partial charge is 0.431 e. The van der Waals surface area contributed by atoms with Crippen LogP contribution in [0, 0.1) is 5.92 Å². The van der Waals surface area contributed by atoms with Crippen LogP contribution in [-0.4, -0.2) is 37.1 Å². The maximum absolute atomic E-state index is 13.3. The van der Waals surface area contributed by atoms with Crippen molar-refractivity contribution in [3.05, 3.63) is 54.1 Å². The molecule has 2 aliphatic rings. The average molecular weight is 474 g/mol. The van der Waals surface area contributed by atoms with Gasteiger partial charge in [-0.2, -0.15) is 18.3 Å². The third kappa shape index (κ3) is 5.18. The van der Waals surface area contributed by atoms with Crippen molar-refractivity contribution in [2.75, 3.05) is 23.0 Å². The van der Waals surface area contributed by atoms with E-state index < -0.39 is 17.8 Å². The van der Waals surface area contributed by atoms with Gasteiger partial charge in [-0.25, -0.2) is 0 Å². The molecule has 2 aromatic carbocycles. The molecule has 2 aromatic rings. The standard InChI is InChI=1S/C27H34F3N3O/c1-5-25-19(4)26(27(28,29)30)31-33(25)21-9-11-23(12-10-21)34-24-13-15-32(16-14-24)22-8-6-7-20(17-22)18(2)3/h6-12,17-19,24-25H,5,13-16H2,1-4H3/t19?,25-/m0/s1. The lowest BCUT2D eigenvalue weighted by Gasteiger charge is -2.34. The van der Waals surface area contributed by atoms with Crippen molar-refractivity contribution in [1.82, 2.24) is 0 Å². The number of hydrogen-bond donors (Lipinski definition) is 0. The van der Waals surface area contributed by atoms with Gasteiger partial charge in [0.2, 0.25) is 0 Å². The van der Waals surface area contributed by atoms with E-state index >= 15 is 0 Å². The zero-order valence-corrected chi connectivity index (χ0v) is 20.3. The van der Waals surface area contributed by atoms with Gasteiger partial charge in [0, 0.05) is 37.5 Å². The van der Waals surface area contributed by atoms with Crippen LogP contribution in [0.25, 0.3) is 0 Å². The molecule has 1 unspecified atom stereocenters. The lowest BCUT2D eigenvalue weighted by molar-refractivity contribution is -0.0620. The lowest BCUT2D eigenvalue weighted by atomic mass is 9.95. The molecule has 2 atom stereocenters. The first-order chi connectivity index (χ1) is 16.2. The van der Waals surface area contributed by atoms with Crippen molar-refractivity contribution >= 4 is 17.1 Å². The molecule has 0 saturated carbocycles. The molecule has 2 aliphatic heterocycles. The first-order valence-electron chi connectivity index (χ1n) is 12.2. The normalized spacial score (nSPS) is 21.8. The number of nitrogens with zero attached hydrogens (tertiary/aromatic N) is 3. The van der Waals surface area contributed by atoms with Gasteiger partial charge in [-0.1, -0.05) is 39.8 Å². The summed E-state index contributed by atoms with van der Waals surface area (Å²) < 4.78 is 46.2. The van der Waals surface area contributed by atoms with E-state index in [0.29, 0.717) is 18.0 Å². The van der Waals surface area contributed by atoms with Gasteiger partial charge in [-0.15, -0.1) is 0 Å². The fourth-order valence-corrected chi connectivity index (χ4v) is 4.95. The van der Waals surface area contributed by atoms with Gasteiger partial charge in [0.25, 0.3) is 0 Å². The molecule has 0 N–H and O–H groups in total. The zero-order valence-electron chi connectivity index (χ0n) is 20.3. The summed E-state index contributed by atoms with van der Waals surface area (Å²) in [6.07, 6.45) is -1.85. The number of rotatable bonds is 6. The number of hydrogen-bond acceptors (Lipinski definition) is 4. The highest BCUT2D eigenvalue weighted by molar-refractivity contribution is 5.95. The summed E-state index contributed by atoms with van der Waals surface area (Å²) in [5.74, 6) is 0.586. The highest BCUT2D eigenvalue weighted by atomic mass is 19.4. The molecule has 4 nitrogen and oxygen atoms in total. The Hall–Kier alpha value is -2.70. The second kappa shape index (κ2) is 9.88. The Morgan fingerprint density at radius 3 is 2.29 bits per heavy atom. The van der Waals surface area contributed by atoms with Crippen molar-refractivity contribution in [3.8, 4) is 5.75 Å². The summed E-state index contributed by atoms with van der Waals surface area (Å²) in [5, 5.41) is 5.46. The molecule has 0 radical (unpaired) electrons. The van der Waals surface area contributed by atoms with Crippen LogP contribution in [0.3, 0.4) is 0 Å². The number of ether oxygens (including phenoxy) is 1. The average Bonchev–Trinajstić information content (AvgIpc) is 3.17. The van der Waals surface area contributed by atoms with Crippen molar-refractivity contribution in [3.63, 3.8) is 0 Å². The van der Waals surface area contributed by atoms with E-state index in [9.17, 15) is 13.2 Å². The van der Waals surface area contributed by atoms with E-state index in [0.717, 1.165) is 31.7 Å². The van der Waals surface area contributed by atoms with Crippen LogP contribution < -0.4 is 14.6 Å². The summed E-state index contributed by atoms with van der Waals surface area (Å²) in [6, 6.07) is 15.7. The molecule has 34 heavy (non-hydrogen) atoms. The summed E-state index contributed by atoms with van der Waals surface area (Å²) in [6.45, 7) is 9.78. The van der Waals surface area contributed by atoms with Gasteiger partial charge in [0.15, 0.2) is 0 Å². The molecule has 0 aliphatic carbocycles. The Labute approximate surface area is 200 Å². The number of benzene rings is 2. The van der Waals surface area contributed by atoms with Gasteiger partial charge in [0.1, 0.15) is 17.6 Å². The highest BCUT2D eigenvalue weighted by Crippen LogP contribution is 2.37. The van der Waals surface area contributed by atoms with Crippen molar-refractivity contribution in [1.29, 1.82) is 0 Å². The van der Waals surface area contributed by atoms with Crippen LogP contribution in [-0.2, 0) is 0 Å². The van der Waals surface area contributed by atoms with Gasteiger partial charge >= 0.3 is 6.18 Å². The second-order valence-electron chi connectivity index (χ2n) is 9.64. The lowest BCUT2D eigenvalue weighted by Crippen LogP contribution is -2.38. The van der Waals surface area contributed by atoms with E-state index in [2.05, 4.69) is 48.1 Å². The first kappa shape index (κ1) is 24.4. The van der Waals surface area contributed by atoms with Crippen LogP contribution in [0.5, 0.6) is 5.75 Å². The van der Waals surface area contributed by atoms with Gasteiger partial charge in [-0.3, -0.25) is 5.01 Å². The molecule has 0 amide bonds. The van der Waals surface area contributed by atoms with Crippen LogP contribution in [0.4, 0.5) is 24.5 Å². The van der Waals surface area contributed by atoms with Crippen LogP contribution in [0.2, 0.25) is 0 Å². The van der Waals surface area contributed by atoms with Crippen molar-refractivity contribution < 1.29 is 17.9 Å². The molecule has 4 rings (SSSR count). The number of anilines is 2. The molecule has 1 fully saturated rings. The summed E-state index contributed by atoms with van der Waals surface area (Å²) in [7, 11) is 0. The topological polar surface area (TPSA) is 28.1 Å². The largest absolute Gasteiger partial charge is 0.490 e. The van der Waals surface area contributed by atoms with Crippen molar-refractivity contribution in [2.45, 2.75) is 71.2 Å². The summed E-state index contributed by atoms with van der Waals surface area (Å²) in [4.78, 5) is 2.41. The predicted molar refractivity (Wildman–Crippen MR) is 132 cm³/mol. The molecule has 0 aromatic heterocycles. The number of halogens is 3. The minimum Gasteiger partial charge on any atom is -0.490 e. The molecule has 184 valence electrons. The maximum Gasteiger partial charge on any atom is 0.431 e. The third-order valence-corrected chi connectivity index (χ3v) is 6.99. The fourth-order valence-electron chi connectivity index (χ4n) is 4.95. The highest BCUT2D eigenvalue weighted by Gasteiger charge is 2.47. The Balaban J connectivity index is 1.37. The number of hydrazone groups is 1. The second-order valence-corrected chi connectivity index (χ2v) is 9.64. The van der Waals surface area contributed by atoms with Gasteiger partial charge < -0.3 is 9.64 Å². The Morgan fingerprint density at radius 2 is 1.71 bits per heavy atom. The minimum absolute atomic E-state index is 0.125. The van der Waals surface area contributed by atoms with E-state index in [1.165, 1.54) is 16.3 Å². The van der Waals surface area contributed by atoms with E-state index in [-0.39, 0.29) is 12.1 Å². The van der Waals surface area contributed by atoms with Crippen LogP contribution in [0.15, 0.2) is 53.6 Å². The van der Waals surface area contributed by atoms with Gasteiger partial charge in [0.05, 0.1) is 11.7 Å². The van der Waals surface area contributed by atoms with E-state index in [1.807, 2.05) is 19.1 Å². The van der Waals surface area contributed by atoms with Crippen LogP contribution in [0.1, 0.15) is 58.4 Å². The summed E-state index contributed by atoms with van der Waals surface area (Å²) in [5.41, 5.74) is 2.56. The Morgan fingerprint density at radius 1 is 1.03 bits per heavy atom. The Bertz CT molecular complexity index is 995. The number of alkyl halides is 3. The monoisotopic (exact) mass is 473 g/mol. The minimum atomic E-state index is -4.41. The van der Waals surface area contributed by atoms with Crippen LogP contribution >= 0.6 is 0 Å². The molecule has 2 heterocycles. The quantitative estimate of drug-likeness (QED) is 0.452. The molecule has 0 spiro atoms.